The van der Waals surface area contributed by atoms with Crippen LogP contribution in [0.4, 0.5) is 5.69 Å². The highest BCUT2D eigenvalue weighted by molar-refractivity contribution is 5.33. The van der Waals surface area contributed by atoms with E-state index in [-0.39, 0.29) is 16.1 Å². The molecule has 4 heteroatoms. The summed E-state index contributed by atoms with van der Waals surface area (Å²) in [6, 6.07) is 6.81. The third-order valence-corrected chi connectivity index (χ3v) is 4.91. The van der Waals surface area contributed by atoms with Crippen molar-refractivity contribution in [2.24, 2.45) is 17.1 Å². The van der Waals surface area contributed by atoms with E-state index in [2.05, 4.69) is 20.8 Å². The standard InChI is InChI=1S/C17H26N2O2/c1-16(2,3)14-8-10-17(18,11-9-14)12-13-4-6-15(7-5-13)19(20)21/h4-7,14H,8-12,18H2,1-3H3. The fourth-order valence-corrected chi connectivity index (χ4v) is 3.38. The van der Waals surface area contributed by atoms with E-state index in [9.17, 15) is 10.1 Å². The van der Waals surface area contributed by atoms with Crippen molar-refractivity contribution in [1.82, 2.24) is 0 Å². The van der Waals surface area contributed by atoms with Gasteiger partial charge in [-0.1, -0.05) is 32.9 Å². The minimum Gasteiger partial charge on any atom is -0.325 e. The van der Waals surface area contributed by atoms with Gasteiger partial charge in [0.1, 0.15) is 0 Å². The summed E-state index contributed by atoms with van der Waals surface area (Å²) >= 11 is 0. The van der Waals surface area contributed by atoms with Crippen molar-refractivity contribution < 1.29 is 4.92 Å². The van der Waals surface area contributed by atoms with Crippen molar-refractivity contribution >= 4 is 5.69 Å². The summed E-state index contributed by atoms with van der Waals surface area (Å²) in [7, 11) is 0. The maximum absolute atomic E-state index is 10.7. The third-order valence-electron chi connectivity index (χ3n) is 4.91. The molecule has 2 N–H and O–H groups in total. The Kier molecular flexibility index (Phi) is 4.38. The molecule has 0 amide bonds. The van der Waals surface area contributed by atoms with Crippen LogP contribution in [0, 0.1) is 21.4 Å². The van der Waals surface area contributed by atoms with Crippen LogP contribution < -0.4 is 5.73 Å². The molecule has 0 aliphatic heterocycles. The molecule has 116 valence electrons. The van der Waals surface area contributed by atoms with Crippen molar-refractivity contribution in [2.45, 2.75) is 58.4 Å². The van der Waals surface area contributed by atoms with Crippen LogP contribution in [0.2, 0.25) is 0 Å². The summed E-state index contributed by atoms with van der Waals surface area (Å²) in [5, 5.41) is 10.7. The van der Waals surface area contributed by atoms with Gasteiger partial charge in [0.2, 0.25) is 0 Å². The summed E-state index contributed by atoms with van der Waals surface area (Å²) in [4.78, 5) is 10.3. The van der Waals surface area contributed by atoms with Crippen LogP contribution >= 0.6 is 0 Å². The average Bonchev–Trinajstić information content (AvgIpc) is 2.38. The van der Waals surface area contributed by atoms with E-state index in [0.29, 0.717) is 5.41 Å². The van der Waals surface area contributed by atoms with Gasteiger partial charge in [-0.05, 0) is 49.0 Å². The molecule has 2 rings (SSSR count). The molecule has 1 fully saturated rings. The van der Waals surface area contributed by atoms with Gasteiger partial charge in [0.05, 0.1) is 4.92 Å². The Morgan fingerprint density at radius 3 is 2.19 bits per heavy atom. The molecule has 0 aromatic heterocycles. The smallest absolute Gasteiger partial charge is 0.269 e. The molecule has 0 heterocycles. The lowest BCUT2D eigenvalue weighted by atomic mass is 9.66. The molecular formula is C17H26N2O2. The van der Waals surface area contributed by atoms with E-state index in [4.69, 9.17) is 5.73 Å². The van der Waals surface area contributed by atoms with E-state index in [1.165, 1.54) is 12.8 Å². The van der Waals surface area contributed by atoms with Crippen LogP contribution in [-0.4, -0.2) is 10.5 Å². The van der Waals surface area contributed by atoms with Crippen LogP contribution in [-0.2, 0) is 6.42 Å². The maximum Gasteiger partial charge on any atom is 0.269 e. The van der Waals surface area contributed by atoms with Crippen molar-refractivity contribution in [3.8, 4) is 0 Å². The van der Waals surface area contributed by atoms with Gasteiger partial charge < -0.3 is 5.73 Å². The molecule has 0 spiro atoms. The van der Waals surface area contributed by atoms with Gasteiger partial charge in [0, 0.05) is 17.7 Å². The molecular weight excluding hydrogens is 264 g/mol. The Balaban J connectivity index is 1.98. The molecule has 1 saturated carbocycles. The van der Waals surface area contributed by atoms with Gasteiger partial charge in [0.15, 0.2) is 0 Å². The van der Waals surface area contributed by atoms with E-state index in [1.807, 2.05) is 12.1 Å². The van der Waals surface area contributed by atoms with Gasteiger partial charge in [-0.25, -0.2) is 0 Å². The number of hydrogen-bond acceptors (Lipinski definition) is 3. The topological polar surface area (TPSA) is 69.2 Å². The lowest BCUT2D eigenvalue weighted by molar-refractivity contribution is -0.384. The first-order chi connectivity index (χ1) is 9.70. The summed E-state index contributed by atoms with van der Waals surface area (Å²) in [5.41, 5.74) is 8.00. The lowest BCUT2D eigenvalue weighted by Gasteiger charge is -2.42. The van der Waals surface area contributed by atoms with Gasteiger partial charge in [-0.2, -0.15) is 0 Å². The van der Waals surface area contributed by atoms with Crippen LogP contribution in [0.5, 0.6) is 0 Å². The maximum atomic E-state index is 10.7. The summed E-state index contributed by atoms with van der Waals surface area (Å²) < 4.78 is 0. The normalized spacial score (nSPS) is 26.6. The molecule has 0 radical (unpaired) electrons. The predicted octanol–water partition coefficient (Wildman–Crippen LogP) is 4.07. The van der Waals surface area contributed by atoms with Crippen molar-refractivity contribution in [1.29, 1.82) is 0 Å². The molecule has 21 heavy (non-hydrogen) atoms. The minimum atomic E-state index is -0.365. The summed E-state index contributed by atoms with van der Waals surface area (Å²) in [6.07, 6.45) is 5.22. The average molecular weight is 290 g/mol. The number of nitrogens with zero attached hydrogens (tertiary/aromatic N) is 1. The quantitative estimate of drug-likeness (QED) is 0.674. The second kappa shape index (κ2) is 5.76. The van der Waals surface area contributed by atoms with Crippen LogP contribution in [0.25, 0.3) is 0 Å². The zero-order valence-electron chi connectivity index (χ0n) is 13.3. The van der Waals surface area contributed by atoms with Crippen LogP contribution in [0.3, 0.4) is 0 Å². The molecule has 0 bridgehead atoms. The molecule has 0 unspecified atom stereocenters. The molecule has 1 aliphatic rings. The zero-order valence-corrected chi connectivity index (χ0v) is 13.3. The van der Waals surface area contributed by atoms with Crippen LogP contribution in [0.1, 0.15) is 52.0 Å². The number of nitro benzene ring substituents is 1. The van der Waals surface area contributed by atoms with E-state index in [1.54, 1.807) is 12.1 Å². The monoisotopic (exact) mass is 290 g/mol. The Bertz CT molecular complexity index is 495. The van der Waals surface area contributed by atoms with Crippen molar-refractivity contribution in [3.63, 3.8) is 0 Å². The van der Waals surface area contributed by atoms with E-state index < -0.39 is 0 Å². The number of benzene rings is 1. The third kappa shape index (κ3) is 4.03. The first-order valence-corrected chi connectivity index (χ1v) is 7.72. The molecule has 0 saturated heterocycles. The minimum absolute atomic E-state index is 0.140. The Morgan fingerprint density at radius 2 is 1.76 bits per heavy atom. The Labute approximate surface area is 126 Å². The molecule has 1 aromatic rings. The van der Waals surface area contributed by atoms with Crippen molar-refractivity contribution in [2.75, 3.05) is 0 Å². The number of non-ortho nitro benzene ring substituents is 1. The highest BCUT2D eigenvalue weighted by Crippen LogP contribution is 2.41. The zero-order chi connectivity index (χ0) is 15.7. The van der Waals surface area contributed by atoms with Gasteiger partial charge in [0.25, 0.3) is 5.69 Å². The molecule has 1 aromatic carbocycles. The van der Waals surface area contributed by atoms with E-state index >= 15 is 0 Å². The molecule has 4 nitrogen and oxygen atoms in total. The van der Waals surface area contributed by atoms with Gasteiger partial charge in [-0.15, -0.1) is 0 Å². The summed E-state index contributed by atoms with van der Waals surface area (Å²) in [5.74, 6) is 0.742. The Hall–Kier alpha value is -1.42. The van der Waals surface area contributed by atoms with Gasteiger partial charge >= 0.3 is 0 Å². The SMILES string of the molecule is CC(C)(C)C1CCC(N)(Cc2ccc([N+](=O)[O-])cc2)CC1. The van der Waals surface area contributed by atoms with Crippen LogP contribution in [0.15, 0.2) is 24.3 Å². The lowest BCUT2D eigenvalue weighted by Crippen LogP contribution is -2.46. The highest BCUT2D eigenvalue weighted by atomic mass is 16.6. The fourth-order valence-electron chi connectivity index (χ4n) is 3.38. The molecule has 1 aliphatic carbocycles. The number of nitrogens with two attached hydrogens (primary N) is 1. The second-order valence-corrected chi connectivity index (χ2v) is 7.60. The predicted molar refractivity (Wildman–Crippen MR) is 85.1 cm³/mol. The Morgan fingerprint density at radius 1 is 1.24 bits per heavy atom. The fraction of sp³-hybridized carbons (Fsp3) is 0.647. The van der Waals surface area contributed by atoms with E-state index in [0.717, 1.165) is 30.7 Å². The largest absolute Gasteiger partial charge is 0.325 e. The first-order valence-electron chi connectivity index (χ1n) is 7.72. The number of nitro groups is 1. The summed E-state index contributed by atoms with van der Waals surface area (Å²) in [6.45, 7) is 6.91. The molecule has 0 atom stereocenters. The number of rotatable bonds is 3. The highest BCUT2D eigenvalue weighted by Gasteiger charge is 2.36. The van der Waals surface area contributed by atoms with Crippen molar-refractivity contribution in [3.05, 3.63) is 39.9 Å². The number of hydrogen-bond donors (Lipinski definition) is 1. The first kappa shape index (κ1) is 16.0. The van der Waals surface area contributed by atoms with Gasteiger partial charge in [-0.3, -0.25) is 10.1 Å². The second-order valence-electron chi connectivity index (χ2n) is 7.60.